The van der Waals surface area contributed by atoms with Gasteiger partial charge in [0.2, 0.25) is 15.9 Å². The van der Waals surface area contributed by atoms with E-state index < -0.39 is 10.0 Å². The average molecular weight is 435 g/mol. The molecule has 7 nitrogen and oxygen atoms in total. The van der Waals surface area contributed by atoms with Crippen LogP contribution in [0.2, 0.25) is 0 Å². The van der Waals surface area contributed by atoms with Gasteiger partial charge in [0.25, 0.3) is 0 Å². The first-order valence-electron chi connectivity index (χ1n) is 9.80. The third-order valence-corrected chi connectivity index (χ3v) is 5.71. The van der Waals surface area contributed by atoms with Gasteiger partial charge in [-0.15, -0.1) is 0 Å². The van der Waals surface area contributed by atoms with Gasteiger partial charge in [-0.05, 0) is 56.2 Å². The van der Waals surface area contributed by atoms with Crippen LogP contribution in [0, 0.1) is 6.92 Å². The molecule has 0 saturated carbocycles. The predicted molar refractivity (Wildman–Crippen MR) is 119 cm³/mol. The highest BCUT2D eigenvalue weighted by atomic mass is 32.2. The van der Waals surface area contributed by atoms with Crippen molar-refractivity contribution in [3.63, 3.8) is 0 Å². The van der Waals surface area contributed by atoms with Crippen molar-refractivity contribution in [2.75, 3.05) is 30.8 Å². The number of sulfonamides is 1. The van der Waals surface area contributed by atoms with E-state index in [0.717, 1.165) is 17.6 Å². The molecule has 0 aliphatic carbocycles. The Hall–Kier alpha value is -2.74. The molecule has 0 spiro atoms. The number of ether oxygens (including phenoxy) is 2. The maximum absolute atomic E-state index is 12.2. The topological polar surface area (TPSA) is 84.9 Å². The van der Waals surface area contributed by atoms with Crippen molar-refractivity contribution in [1.82, 2.24) is 5.32 Å². The number of para-hydroxylation sites is 1. The van der Waals surface area contributed by atoms with Crippen molar-refractivity contribution in [2.24, 2.45) is 0 Å². The summed E-state index contributed by atoms with van der Waals surface area (Å²) in [6.07, 6.45) is 1.77. The summed E-state index contributed by atoms with van der Waals surface area (Å²) in [7, 11) is -1.91. The second-order valence-electron chi connectivity index (χ2n) is 7.18. The maximum Gasteiger partial charge on any atom is 0.232 e. The Labute approximate surface area is 179 Å². The van der Waals surface area contributed by atoms with Gasteiger partial charge in [-0.3, -0.25) is 9.10 Å². The first kappa shape index (κ1) is 23.5. The molecule has 0 saturated heterocycles. The zero-order valence-electron chi connectivity index (χ0n) is 17.9. The molecule has 0 radical (unpaired) electrons. The van der Waals surface area contributed by atoms with Crippen LogP contribution in [0.15, 0.2) is 48.5 Å². The van der Waals surface area contributed by atoms with Crippen LogP contribution in [0.5, 0.6) is 11.5 Å². The molecule has 0 heterocycles. The summed E-state index contributed by atoms with van der Waals surface area (Å²) in [6, 6.07) is 14.3. The Balaban J connectivity index is 1.82. The third kappa shape index (κ3) is 7.26. The Bertz CT molecular complexity index is 929. The Morgan fingerprint density at radius 2 is 1.80 bits per heavy atom. The molecule has 0 aromatic heterocycles. The van der Waals surface area contributed by atoms with Gasteiger partial charge in [0.15, 0.2) is 0 Å². The van der Waals surface area contributed by atoms with Crippen LogP contribution < -0.4 is 19.1 Å². The van der Waals surface area contributed by atoms with Gasteiger partial charge in [-0.1, -0.05) is 18.2 Å². The van der Waals surface area contributed by atoms with Crippen molar-refractivity contribution >= 4 is 21.6 Å². The van der Waals surface area contributed by atoms with Crippen molar-refractivity contribution < 1.29 is 22.7 Å². The number of amides is 1. The minimum atomic E-state index is -3.46. The SMILES string of the molecule is COc1ccc(N(CCCC(=O)N[C@H](C)COc2ccccc2C)S(C)(=O)=O)cc1. The smallest absolute Gasteiger partial charge is 0.232 e. The van der Waals surface area contributed by atoms with Crippen LogP contribution in [-0.2, 0) is 14.8 Å². The van der Waals surface area contributed by atoms with E-state index in [1.54, 1.807) is 31.4 Å². The minimum absolute atomic E-state index is 0.140. The molecule has 164 valence electrons. The van der Waals surface area contributed by atoms with Crippen LogP contribution in [0.25, 0.3) is 0 Å². The first-order chi connectivity index (χ1) is 14.2. The Morgan fingerprint density at radius 3 is 2.40 bits per heavy atom. The van der Waals surface area contributed by atoms with E-state index in [1.807, 2.05) is 38.1 Å². The van der Waals surface area contributed by atoms with Gasteiger partial charge < -0.3 is 14.8 Å². The molecule has 1 N–H and O–H groups in total. The van der Waals surface area contributed by atoms with E-state index >= 15 is 0 Å². The van der Waals surface area contributed by atoms with E-state index in [-0.39, 0.29) is 24.9 Å². The summed E-state index contributed by atoms with van der Waals surface area (Å²) >= 11 is 0. The molecule has 8 heteroatoms. The van der Waals surface area contributed by atoms with Crippen LogP contribution in [0.3, 0.4) is 0 Å². The Morgan fingerprint density at radius 1 is 1.13 bits per heavy atom. The summed E-state index contributed by atoms with van der Waals surface area (Å²) in [5.41, 5.74) is 1.58. The standard InChI is InChI=1S/C22H30N2O5S/c1-17-8-5-6-9-21(17)29-16-18(2)23-22(25)10-7-15-24(30(4,26)27)19-11-13-20(28-3)14-12-19/h5-6,8-9,11-14,18H,7,10,15-16H2,1-4H3,(H,23,25)/t18-/m1/s1. The Kier molecular flexibility index (Phi) is 8.53. The van der Waals surface area contributed by atoms with Crippen molar-refractivity contribution in [1.29, 1.82) is 0 Å². The molecule has 1 amide bonds. The average Bonchev–Trinajstić information content (AvgIpc) is 2.70. The highest BCUT2D eigenvalue weighted by Gasteiger charge is 2.18. The molecule has 0 bridgehead atoms. The van der Waals surface area contributed by atoms with Crippen molar-refractivity contribution in [3.05, 3.63) is 54.1 Å². The number of hydrogen-bond acceptors (Lipinski definition) is 5. The molecular weight excluding hydrogens is 404 g/mol. The molecular formula is C22H30N2O5S. The molecule has 2 rings (SSSR count). The molecule has 0 aliphatic rings. The van der Waals surface area contributed by atoms with Gasteiger partial charge in [0.1, 0.15) is 18.1 Å². The largest absolute Gasteiger partial charge is 0.497 e. The molecule has 0 aliphatic heterocycles. The lowest BCUT2D eigenvalue weighted by Crippen LogP contribution is -2.37. The summed E-state index contributed by atoms with van der Waals surface area (Å²) in [4.78, 5) is 12.2. The molecule has 2 aromatic rings. The van der Waals surface area contributed by atoms with E-state index in [4.69, 9.17) is 9.47 Å². The number of anilines is 1. The van der Waals surface area contributed by atoms with E-state index in [9.17, 15) is 13.2 Å². The zero-order chi connectivity index (χ0) is 22.1. The number of carbonyl (C=O) groups is 1. The fraction of sp³-hybridized carbons (Fsp3) is 0.409. The number of rotatable bonds is 11. The lowest BCUT2D eigenvalue weighted by atomic mass is 10.2. The van der Waals surface area contributed by atoms with E-state index in [1.165, 1.54) is 4.31 Å². The summed E-state index contributed by atoms with van der Waals surface area (Å²) in [5.74, 6) is 1.30. The van der Waals surface area contributed by atoms with Gasteiger partial charge >= 0.3 is 0 Å². The highest BCUT2D eigenvalue weighted by molar-refractivity contribution is 7.92. The van der Waals surface area contributed by atoms with E-state index in [0.29, 0.717) is 24.5 Å². The number of hydrogen-bond donors (Lipinski definition) is 1. The van der Waals surface area contributed by atoms with Gasteiger partial charge in [-0.2, -0.15) is 0 Å². The maximum atomic E-state index is 12.2. The number of nitrogens with zero attached hydrogens (tertiary/aromatic N) is 1. The number of aryl methyl sites for hydroxylation is 1. The van der Waals surface area contributed by atoms with Crippen molar-refractivity contribution in [2.45, 2.75) is 32.7 Å². The van der Waals surface area contributed by atoms with Gasteiger partial charge in [0.05, 0.1) is 25.1 Å². The lowest BCUT2D eigenvalue weighted by Gasteiger charge is -2.22. The molecule has 0 fully saturated rings. The monoisotopic (exact) mass is 434 g/mol. The number of benzene rings is 2. The fourth-order valence-electron chi connectivity index (χ4n) is 2.94. The van der Waals surface area contributed by atoms with Gasteiger partial charge in [-0.25, -0.2) is 8.42 Å². The van der Waals surface area contributed by atoms with Crippen molar-refractivity contribution in [3.8, 4) is 11.5 Å². The first-order valence-corrected chi connectivity index (χ1v) is 11.6. The zero-order valence-corrected chi connectivity index (χ0v) is 18.7. The number of carbonyl (C=O) groups excluding carboxylic acids is 1. The van der Waals surface area contributed by atoms with Gasteiger partial charge in [0, 0.05) is 13.0 Å². The minimum Gasteiger partial charge on any atom is -0.497 e. The fourth-order valence-corrected chi connectivity index (χ4v) is 3.91. The molecule has 30 heavy (non-hydrogen) atoms. The summed E-state index contributed by atoms with van der Waals surface area (Å²) in [6.45, 7) is 4.41. The van der Waals surface area contributed by atoms with Crippen LogP contribution in [0.1, 0.15) is 25.3 Å². The summed E-state index contributed by atoms with van der Waals surface area (Å²) in [5, 5.41) is 2.89. The summed E-state index contributed by atoms with van der Waals surface area (Å²) < 4.78 is 36.5. The number of nitrogens with one attached hydrogen (secondary N) is 1. The van der Waals surface area contributed by atoms with E-state index in [2.05, 4.69) is 5.32 Å². The molecule has 0 unspecified atom stereocenters. The lowest BCUT2D eigenvalue weighted by molar-refractivity contribution is -0.121. The van der Waals surface area contributed by atoms with Crippen LogP contribution in [0.4, 0.5) is 5.69 Å². The second kappa shape index (κ2) is 10.9. The molecule has 2 aromatic carbocycles. The molecule has 1 atom stereocenters. The highest BCUT2D eigenvalue weighted by Crippen LogP contribution is 2.22. The quantitative estimate of drug-likeness (QED) is 0.587. The van der Waals surface area contributed by atoms with Crippen LogP contribution in [-0.4, -0.2) is 46.9 Å². The predicted octanol–water partition coefficient (Wildman–Crippen LogP) is 3.13. The number of methoxy groups -OCH3 is 1. The third-order valence-electron chi connectivity index (χ3n) is 4.52. The second-order valence-corrected chi connectivity index (χ2v) is 9.09. The normalized spacial score (nSPS) is 12.1. The van der Waals surface area contributed by atoms with Crippen LogP contribution >= 0.6 is 0 Å².